The van der Waals surface area contributed by atoms with E-state index in [0.717, 1.165) is 19.8 Å². The zero-order valence-electron chi connectivity index (χ0n) is 5.81. The minimum absolute atomic E-state index is 0.632. The first-order chi connectivity index (χ1) is 4.43. The van der Waals surface area contributed by atoms with Crippen molar-refractivity contribution in [2.24, 2.45) is 11.7 Å². The first-order valence-corrected chi connectivity index (χ1v) is 3.71. The molecular weight excluding hydrogens is 114 g/mol. The average Bonchev–Trinajstić information content (AvgIpc) is 2.13. The molecule has 0 amide bonds. The van der Waals surface area contributed by atoms with E-state index in [4.69, 9.17) is 10.5 Å². The number of hydrogen-bond donors (Lipinski definition) is 1. The summed E-state index contributed by atoms with van der Waals surface area (Å²) in [6.45, 7) is 2.62. The van der Waals surface area contributed by atoms with E-state index in [-0.39, 0.29) is 0 Å². The lowest BCUT2D eigenvalue weighted by atomic mass is 10.1. The lowest BCUT2D eigenvalue weighted by Gasteiger charge is -2.08. The summed E-state index contributed by atoms with van der Waals surface area (Å²) in [5, 5.41) is 0. The Morgan fingerprint density at radius 1 is 1.44 bits per heavy atom. The highest BCUT2D eigenvalue weighted by Crippen LogP contribution is 2.11. The summed E-state index contributed by atoms with van der Waals surface area (Å²) in [4.78, 5) is 0. The maximum absolute atomic E-state index is 5.49. The topological polar surface area (TPSA) is 35.2 Å². The van der Waals surface area contributed by atoms with Gasteiger partial charge in [0.15, 0.2) is 0 Å². The van der Waals surface area contributed by atoms with Gasteiger partial charge >= 0.3 is 0 Å². The summed E-state index contributed by atoms with van der Waals surface area (Å²) in [5.41, 5.74) is 5.49. The van der Waals surface area contributed by atoms with Crippen molar-refractivity contribution in [2.45, 2.75) is 19.3 Å². The Kier molecular flexibility index (Phi) is 3.01. The predicted octanol–water partition coefficient (Wildman–Crippen LogP) is 0.762. The smallest absolute Gasteiger partial charge is 0.0506 e. The van der Waals surface area contributed by atoms with Crippen LogP contribution in [0.4, 0.5) is 0 Å². The third-order valence-corrected chi connectivity index (χ3v) is 1.84. The van der Waals surface area contributed by atoms with E-state index in [9.17, 15) is 0 Å². The summed E-state index contributed by atoms with van der Waals surface area (Å²) in [6, 6.07) is 0. The van der Waals surface area contributed by atoms with Crippen LogP contribution in [0, 0.1) is 5.92 Å². The highest BCUT2D eigenvalue weighted by Gasteiger charge is 2.09. The molecule has 1 aliphatic heterocycles. The molecule has 1 heterocycles. The third-order valence-electron chi connectivity index (χ3n) is 1.84. The number of nitrogens with two attached hydrogens (primary N) is 1. The molecule has 1 fully saturated rings. The molecule has 0 saturated carbocycles. The number of rotatable bonds is 1. The average molecular weight is 129 g/mol. The van der Waals surface area contributed by atoms with E-state index in [1.165, 1.54) is 19.3 Å². The van der Waals surface area contributed by atoms with Gasteiger partial charge in [-0.2, -0.15) is 0 Å². The Hall–Kier alpha value is -0.0800. The molecule has 2 N–H and O–H groups in total. The van der Waals surface area contributed by atoms with E-state index < -0.39 is 0 Å². The van der Waals surface area contributed by atoms with Crippen LogP contribution in [0.15, 0.2) is 0 Å². The molecular formula is C7H15NO. The van der Waals surface area contributed by atoms with Crippen LogP contribution < -0.4 is 5.73 Å². The standard InChI is InChI=1S/C7H15NO/c8-5-7-3-1-2-4-9-6-7/h7H,1-6,8H2/t7-/m0/s1. The second kappa shape index (κ2) is 3.85. The molecule has 54 valence electrons. The summed E-state index contributed by atoms with van der Waals surface area (Å²) >= 11 is 0. The largest absolute Gasteiger partial charge is 0.381 e. The maximum Gasteiger partial charge on any atom is 0.0506 e. The van der Waals surface area contributed by atoms with E-state index in [2.05, 4.69) is 0 Å². The van der Waals surface area contributed by atoms with Crippen LogP contribution in [0.25, 0.3) is 0 Å². The second-order valence-corrected chi connectivity index (χ2v) is 2.67. The van der Waals surface area contributed by atoms with Crippen LogP contribution >= 0.6 is 0 Å². The van der Waals surface area contributed by atoms with Crippen LogP contribution in [0.2, 0.25) is 0 Å². The second-order valence-electron chi connectivity index (χ2n) is 2.67. The first kappa shape index (κ1) is 7.03. The third kappa shape index (κ3) is 2.33. The molecule has 0 aromatic heterocycles. The molecule has 1 atom stereocenters. The van der Waals surface area contributed by atoms with Crippen LogP contribution in [0.1, 0.15) is 19.3 Å². The highest BCUT2D eigenvalue weighted by molar-refractivity contribution is 4.61. The van der Waals surface area contributed by atoms with E-state index >= 15 is 0 Å². The van der Waals surface area contributed by atoms with E-state index in [1.54, 1.807) is 0 Å². The van der Waals surface area contributed by atoms with Gasteiger partial charge in [0.2, 0.25) is 0 Å². The lowest BCUT2D eigenvalue weighted by molar-refractivity contribution is 0.118. The van der Waals surface area contributed by atoms with E-state index in [1.807, 2.05) is 0 Å². The van der Waals surface area contributed by atoms with Crippen molar-refractivity contribution < 1.29 is 4.74 Å². The van der Waals surface area contributed by atoms with Gasteiger partial charge in [-0.05, 0) is 25.3 Å². The van der Waals surface area contributed by atoms with Gasteiger partial charge in [0.1, 0.15) is 0 Å². The fraction of sp³-hybridized carbons (Fsp3) is 1.00. The Balaban J connectivity index is 2.18. The molecule has 0 radical (unpaired) electrons. The van der Waals surface area contributed by atoms with Crippen molar-refractivity contribution in [2.75, 3.05) is 19.8 Å². The predicted molar refractivity (Wildman–Crippen MR) is 37.2 cm³/mol. The molecule has 0 aromatic carbocycles. The van der Waals surface area contributed by atoms with Gasteiger partial charge in [-0.25, -0.2) is 0 Å². The van der Waals surface area contributed by atoms with Gasteiger partial charge in [0.25, 0.3) is 0 Å². The molecule has 2 nitrogen and oxygen atoms in total. The van der Waals surface area contributed by atoms with Gasteiger partial charge < -0.3 is 10.5 Å². The fourth-order valence-electron chi connectivity index (χ4n) is 1.16. The minimum Gasteiger partial charge on any atom is -0.381 e. The summed E-state index contributed by atoms with van der Waals surface area (Å²) in [5.74, 6) is 0.632. The highest BCUT2D eigenvalue weighted by atomic mass is 16.5. The van der Waals surface area contributed by atoms with Crippen molar-refractivity contribution in [3.8, 4) is 0 Å². The maximum atomic E-state index is 5.49. The zero-order valence-corrected chi connectivity index (χ0v) is 5.81. The molecule has 1 saturated heterocycles. The summed E-state index contributed by atoms with van der Waals surface area (Å²) < 4.78 is 5.32. The van der Waals surface area contributed by atoms with Crippen molar-refractivity contribution >= 4 is 0 Å². The first-order valence-electron chi connectivity index (χ1n) is 3.71. The van der Waals surface area contributed by atoms with Crippen LogP contribution in [0.5, 0.6) is 0 Å². The monoisotopic (exact) mass is 129 g/mol. The molecule has 1 rings (SSSR count). The minimum atomic E-state index is 0.632. The Morgan fingerprint density at radius 2 is 2.33 bits per heavy atom. The van der Waals surface area contributed by atoms with Gasteiger partial charge in [-0.1, -0.05) is 6.42 Å². The molecule has 0 spiro atoms. The van der Waals surface area contributed by atoms with Crippen molar-refractivity contribution in [1.82, 2.24) is 0 Å². The van der Waals surface area contributed by atoms with Gasteiger partial charge in [0, 0.05) is 6.61 Å². The Morgan fingerprint density at radius 3 is 3.11 bits per heavy atom. The molecule has 1 aliphatic rings. The molecule has 0 unspecified atom stereocenters. The molecule has 2 heteroatoms. The Labute approximate surface area is 56.4 Å². The SMILES string of the molecule is NC[C@@H]1CCCCOC1. The van der Waals surface area contributed by atoms with Crippen molar-refractivity contribution in [3.63, 3.8) is 0 Å². The van der Waals surface area contributed by atoms with Crippen molar-refractivity contribution in [3.05, 3.63) is 0 Å². The lowest BCUT2D eigenvalue weighted by Crippen LogP contribution is -2.17. The summed E-state index contributed by atoms with van der Waals surface area (Å²) in [6.07, 6.45) is 3.77. The van der Waals surface area contributed by atoms with Crippen LogP contribution in [-0.2, 0) is 4.74 Å². The number of ether oxygens (including phenoxy) is 1. The van der Waals surface area contributed by atoms with Crippen LogP contribution in [0.3, 0.4) is 0 Å². The quantitative estimate of drug-likeness (QED) is 0.567. The zero-order chi connectivity index (χ0) is 6.53. The summed E-state index contributed by atoms with van der Waals surface area (Å²) in [7, 11) is 0. The molecule has 0 aromatic rings. The Bertz CT molecular complexity index is 67.3. The van der Waals surface area contributed by atoms with Gasteiger partial charge in [-0.15, -0.1) is 0 Å². The number of hydrogen-bond acceptors (Lipinski definition) is 2. The molecule has 0 aliphatic carbocycles. The van der Waals surface area contributed by atoms with Gasteiger partial charge in [-0.3, -0.25) is 0 Å². The fourth-order valence-corrected chi connectivity index (χ4v) is 1.16. The van der Waals surface area contributed by atoms with Crippen molar-refractivity contribution in [1.29, 1.82) is 0 Å². The van der Waals surface area contributed by atoms with Gasteiger partial charge in [0.05, 0.1) is 6.61 Å². The van der Waals surface area contributed by atoms with E-state index in [0.29, 0.717) is 5.92 Å². The normalized spacial score (nSPS) is 29.7. The molecule has 0 bridgehead atoms. The molecule has 9 heavy (non-hydrogen) atoms. The van der Waals surface area contributed by atoms with Crippen LogP contribution in [-0.4, -0.2) is 19.8 Å².